The highest BCUT2D eigenvalue weighted by Crippen LogP contribution is 2.35. The molecule has 5 rings (SSSR count). The van der Waals surface area contributed by atoms with Gasteiger partial charge >= 0.3 is 0 Å². The van der Waals surface area contributed by atoms with Crippen LogP contribution in [-0.4, -0.2) is 70.6 Å². The van der Waals surface area contributed by atoms with Gasteiger partial charge in [0.1, 0.15) is 11.4 Å². The average Bonchev–Trinajstić information content (AvgIpc) is 3.33. The van der Waals surface area contributed by atoms with E-state index in [9.17, 15) is 18.0 Å². The number of hydrogen-bond acceptors (Lipinski definition) is 8. The van der Waals surface area contributed by atoms with Crippen LogP contribution in [0.25, 0.3) is 0 Å². The molecule has 0 atom stereocenters. The molecular formula is C31H45N5O4S. The van der Waals surface area contributed by atoms with Crippen LogP contribution in [0.2, 0.25) is 0 Å². The summed E-state index contributed by atoms with van der Waals surface area (Å²) in [4.78, 5) is 32.7. The van der Waals surface area contributed by atoms with Crippen molar-refractivity contribution >= 4 is 32.9 Å². The number of aliphatic imine (C=N–C) groups is 1. The van der Waals surface area contributed by atoms with E-state index in [0.717, 1.165) is 53.5 Å². The molecule has 2 fully saturated rings. The third-order valence-electron chi connectivity index (χ3n) is 9.74. The third kappa shape index (κ3) is 5.69. The number of benzene rings is 1. The molecule has 1 saturated carbocycles. The van der Waals surface area contributed by atoms with E-state index in [1.807, 2.05) is 26.0 Å². The fourth-order valence-electron chi connectivity index (χ4n) is 6.97. The zero-order chi connectivity index (χ0) is 29.7. The van der Waals surface area contributed by atoms with Gasteiger partial charge in [0.05, 0.1) is 23.7 Å². The van der Waals surface area contributed by atoms with Crippen molar-refractivity contribution in [2.24, 2.45) is 16.8 Å². The van der Waals surface area contributed by atoms with E-state index in [4.69, 9.17) is 4.99 Å². The first kappa shape index (κ1) is 29.8. The Hall–Kier alpha value is -2.72. The lowest BCUT2D eigenvalue weighted by molar-refractivity contribution is 0.228. The van der Waals surface area contributed by atoms with Gasteiger partial charge in [0.2, 0.25) is 10.0 Å². The van der Waals surface area contributed by atoms with Gasteiger partial charge < -0.3 is 15.1 Å². The van der Waals surface area contributed by atoms with Crippen molar-refractivity contribution in [2.45, 2.75) is 71.3 Å². The van der Waals surface area contributed by atoms with E-state index in [1.165, 1.54) is 25.7 Å². The molecule has 2 aromatic carbocycles. The summed E-state index contributed by atoms with van der Waals surface area (Å²) in [6.07, 6.45) is 6.93. The molecule has 0 amide bonds. The Morgan fingerprint density at radius 2 is 1.56 bits per heavy atom. The molecule has 2 aliphatic heterocycles. The van der Waals surface area contributed by atoms with Gasteiger partial charge in [-0.3, -0.25) is 14.6 Å². The Morgan fingerprint density at radius 3 is 2.15 bits per heavy atom. The minimum Gasteiger partial charge on any atom is -0.373 e. The van der Waals surface area contributed by atoms with Crippen molar-refractivity contribution in [2.75, 3.05) is 56.3 Å². The summed E-state index contributed by atoms with van der Waals surface area (Å²) >= 11 is 0. The molecule has 0 unspecified atom stereocenters. The zero-order valence-electron chi connectivity index (χ0n) is 25.4. The minimum absolute atomic E-state index is 0.0647. The molecule has 41 heavy (non-hydrogen) atoms. The summed E-state index contributed by atoms with van der Waals surface area (Å²) in [6, 6.07) is 3.93. The predicted octanol–water partition coefficient (Wildman–Crippen LogP) is 3.27. The van der Waals surface area contributed by atoms with Crippen molar-refractivity contribution in [1.82, 2.24) is 9.62 Å². The highest BCUT2D eigenvalue weighted by Gasteiger charge is 2.42. The zero-order valence-corrected chi connectivity index (χ0v) is 26.2. The van der Waals surface area contributed by atoms with Crippen molar-refractivity contribution in [1.29, 1.82) is 0 Å². The van der Waals surface area contributed by atoms with Crippen molar-refractivity contribution in [3.05, 3.63) is 49.3 Å². The van der Waals surface area contributed by atoms with Gasteiger partial charge in [-0.1, -0.05) is 19.8 Å². The molecule has 1 N–H and O–H groups in total. The van der Waals surface area contributed by atoms with E-state index in [0.29, 0.717) is 36.8 Å². The number of piperidine rings is 1. The van der Waals surface area contributed by atoms with Gasteiger partial charge in [-0.15, -0.1) is 0 Å². The first-order valence-electron chi connectivity index (χ1n) is 15.0. The molecule has 1 spiro atoms. The molecule has 0 aromatic heterocycles. The maximum absolute atomic E-state index is 13.4. The van der Waals surface area contributed by atoms with Crippen LogP contribution in [0.4, 0.5) is 17.1 Å². The Morgan fingerprint density at radius 1 is 0.976 bits per heavy atom. The highest BCUT2D eigenvalue weighted by atomic mass is 32.2. The van der Waals surface area contributed by atoms with Crippen LogP contribution >= 0.6 is 0 Å². The summed E-state index contributed by atoms with van der Waals surface area (Å²) in [5.41, 5.74) is 3.52. The van der Waals surface area contributed by atoms with Gasteiger partial charge in [-0.2, -0.15) is 0 Å². The number of anilines is 3. The van der Waals surface area contributed by atoms with Crippen LogP contribution in [0.15, 0.2) is 26.7 Å². The topological polar surface area (TPSA) is 102 Å². The number of sulfonamides is 1. The monoisotopic (exact) mass is 583 g/mol. The first-order valence-corrected chi connectivity index (χ1v) is 16.6. The van der Waals surface area contributed by atoms with Crippen molar-refractivity contribution < 1.29 is 8.42 Å². The fourth-order valence-corrected chi connectivity index (χ4v) is 8.43. The lowest BCUT2D eigenvalue weighted by Crippen LogP contribution is -2.55. The number of nitrogens with one attached hydrogen (secondary N) is 1. The lowest BCUT2D eigenvalue weighted by Gasteiger charge is -2.39. The maximum atomic E-state index is 13.4. The molecule has 0 bridgehead atoms. The minimum atomic E-state index is -3.40. The second-order valence-corrected chi connectivity index (χ2v) is 15.0. The smallest absolute Gasteiger partial charge is 0.253 e. The second-order valence-electron chi connectivity index (χ2n) is 12.9. The normalized spacial score (nSPS) is 23.0. The Labute approximate surface area is 244 Å². The molecule has 2 heterocycles. The molecule has 1 aliphatic carbocycles. The quantitative estimate of drug-likeness (QED) is 0.476. The fraction of sp³-hybridized carbons (Fsp3) is 0.645. The Bertz CT molecular complexity index is 1480. The van der Waals surface area contributed by atoms with Gasteiger partial charge in [0.15, 0.2) is 0 Å². The van der Waals surface area contributed by atoms with E-state index in [2.05, 4.69) is 12.2 Å². The summed E-state index contributed by atoms with van der Waals surface area (Å²) < 4.78 is 28.5. The van der Waals surface area contributed by atoms with Crippen LogP contribution < -0.4 is 26.0 Å². The summed E-state index contributed by atoms with van der Waals surface area (Å²) in [7, 11) is 1.89. The standard InChI is InChI=1S/C31H45N5O4S/c1-20-7-9-23(10-8-20)30-32-19-31(33-30)12-14-36(15-13-31)41(39,40)16-11-25-21(2)17-24(18-22(25)3)35(6)27-26(34(4)5)28(37)29(27)38/h17-18,20,23H,7-16,19H2,1-6H3,(H,32,33). The van der Waals surface area contributed by atoms with E-state index in [1.54, 1.807) is 35.2 Å². The highest BCUT2D eigenvalue weighted by molar-refractivity contribution is 7.89. The molecule has 2 aromatic rings. The number of hydrogen-bond donors (Lipinski definition) is 1. The average molecular weight is 584 g/mol. The largest absolute Gasteiger partial charge is 0.373 e. The lowest BCUT2D eigenvalue weighted by atomic mass is 9.82. The molecular weight excluding hydrogens is 538 g/mol. The van der Waals surface area contributed by atoms with Gasteiger partial charge in [-0.25, -0.2) is 12.7 Å². The number of rotatable bonds is 8. The van der Waals surface area contributed by atoms with Crippen molar-refractivity contribution in [3.8, 4) is 0 Å². The SMILES string of the molecule is Cc1cc(N(C)c2c(N(C)C)c(=O)c2=O)cc(C)c1CCS(=O)(=O)N1CCC2(CC1)CN=C(C1CCC(C)CC1)N2. The third-order valence-corrected chi connectivity index (χ3v) is 11.6. The maximum Gasteiger partial charge on any atom is 0.253 e. The van der Waals surface area contributed by atoms with E-state index >= 15 is 0 Å². The number of aryl methyl sites for hydroxylation is 2. The molecule has 3 aliphatic rings. The molecule has 1 saturated heterocycles. The van der Waals surface area contributed by atoms with Crippen LogP contribution in [0.5, 0.6) is 0 Å². The summed E-state index contributed by atoms with van der Waals surface area (Å²) in [6.45, 7) is 8.09. The molecule has 9 nitrogen and oxygen atoms in total. The van der Waals surface area contributed by atoms with Crippen LogP contribution in [0.1, 0.15) is 62.1 Å². The van der Waals surface area contributed by atoms with Crippen LogP contribution in [0, 0.1) is 25.7 Å². The van der Waals surface area contributed by atoms with Gasteiger partial charge in [-0.05, 0) is 80.7 Å². The van der Waals surface area contributed by atoms with Gasteiger partial charge in [0, 0.05) is 45.8 Å². The second kappa shape index (κ2) is 11.2. The van der Waals surface area contributed by atoms with E-state index < -0.39 is 20.9 Å². The van der Waals surface area contributed by atoms with Gasteiger partial charge in [0.25, 0.3) is 10.9 Å². The number of amidine groups is 1. The predicted molar refractivity (Wildman–Crippen MR) is 167 cm³/mol. The summed E-state index contributed by atoms with van der Waals surface area (Å²) in [5.74, 6) is 2.57. The van der Waals surface area contributed by atoms with Crippen LogP contribution in [0.3, 0.4) is 0 Å². The molecule has 10 heteroatoms. The van der Waals surface area contributed by atoms with E-state index in [-0.39, 0.29) is 11.3 Å². The molecule has 0 radical (unpaired) electrons. The Kier molecular flexibility index (Phi) is 8.11. The first-order chi connectivity index (χ1) is 19.3. The number of nitrogens with zero attached hydrogens (tertiary/aromatic N) is 4. The van der Waals surface area contributed by atoms with Crippen molar-refractivity contribution in [3.63, 3.8) is 0 Å². The van der Waals surface area contributed by atoms with Crippen LogP contribution in [-0.2, 0) is 16.4 Å². The molecule has 224 valence electrons. The summed E-state index contributed by atoms with van der Waals surface area (Å²) in [5, 5.41) is 3.76. The Balaban J connectivity index is 1.19.